The molecular formula is C23H22N5NaO3S2. The molecule has 1 aliphatic heterocycles. The molecule has 3 heterocycles. The minimum absolute atomic E-state index is 0. The summed E-state index contributed by atoms with van der Waals surface area (Å²) in [6.45, 7) is 0.510. The van der Waals surface area contributed by atoms with Crippen LogP contribution in [0.25, 0.3) is 0 Å². The number of benzene rings is 2. The average molecular weight is 504 g/mol. The van der Waals surface area contributed by atoms with Crippen LogP contribution in [0.15, 0.2) is 108 Å². The molecule has 4 aromatic rings. The third kappa shape index (κ3) is 9.49. The van der Waals surface area contributed by atoms with Crippen molar-refractivity contribution in [2.45, 2.75) is 16.2 Å². The Kier molecular flexibility index (Phi) is 12.2. The Hall–Kier alpha value is -2.34. The molecule has 5 rings (SSSR count). The van der Waals surface area contributed by atoms with E-state index in [1.807, 2.05) is 48.5 Å². The van der Waals surface area contributed by atoms with Gasteiger partial charge in [-0.3, -0.25) is 19.9 Å². The van der Waals surface area contributed by atoms with E-state index in [2.05, 4.69) is 24.8 Å². The van der Waals surface area contributed by atoms with E-state index in [-0.39, 0.29) is 35.3 Å². The number of fused-ring (bicyclic) bond motifs is 2. The van der Waals surface area contributed by atoms with Gasteiger partial charge < -0.3 is 9.45 Å². The van der Waals surface area contributed by atoms with Crippen LogP contribution in [0.4, 0.5) is 11.4 Å². The monoisotopic (exact) mass is 503 g/mol. The number of aromatic nitrogens is 4. The first-order valence-electron chi connectivity index (χ1n) is 10.0. The molecule has 1 aliphatic rings. The van der Waals surface area contributed by atoms with Crippen molar-refractivity contribution >= 4 is 33.3 Å². The Labute approximate surface area is 226 Å². The van der Waals surface area contributed by atoms with E-state index in [4.69, 9.17) is 0 Å². The fourth-order valence-electron chi connectivity index (χ4n) is 2.93. The van der Waals surface area contributed by atoms with Crippen LogP contribution in [-0.4, -0.2) is 45.2 Å². The van der Waals surface area contributed by atoms with Gasteiger partial charge in [0.15, 0.2) is 0 Å². The van der Waals surface area contributed by atoms with Gasteiger partial charge in [-0.25, -0.2) is 8.42 Å². The summed E-state index contributed by atoms with van der Waals surface area (Å²) in [6, 6.07) is 16.0. The van der Waals surface area contributed by atoms with E-state index >= 15 is 0 Å². The Morgan fingerprint density at radius 3 is 1.44 bits per heavy atom. The molecule has 0 radical (unpaired) electrons. The number of rotatable bonds is 4. The van der Waals surface area contributed by atoms with Crippen LogP contribution in [0.1, 0.15) is 6.42 Å². The molecule has 0 saturated heterocycles. The Bertz CT molecular complexity index is 1090. The minimum Gasteiger partial charge on any atom is -0.748 e. The molecule has 2 aromatic carbocycles. The molecule has 0 unspecified atom stereocenters. The molecule has 0 amide bonds. The van der Waals surface area contributed by atoms with Gasteiger partial charge in [0.2, 0.25) is 0 Å². The van der Waals surface area contributed by atoms with Crippen molar-refractivity contribution in [2.75, 3.05) is 17.2 Å². The zero-order valence-corrected chi connectivity index (χ0v) is 22.3. The quantitative estimate of drug-likeness (QED) is 0.299. The summed E-state index contributed by atoms with van der Waals surface area (Å²) in [7, 11) is -4.16. The van der Waals surface area contributed by atoms with Gasteiger partial charge >= 0.3 is 29.6 Å². The van der Waals surface area contributed by atoms with Crippen molar-refractivity contribution in [3.63, 3.8) is 0 Å². The summed E-state index contributed by atoms with van der Waals surface area (Å²) in [5, 5.41) is 0. The van der Waals surface area contributed by atoms with E-state index in [1.54, 1.807) is 61.3 Å². The fourth-order valence-corrected chi connectivity index (χ4v) is 4.51. The first-order valence-corrected chi connectivity index (χ1v) is 12.4. The van der Waals surface area contributed by atoms with Gasteiger partial charge in [-0.05, 0) is 30.7 Å². The van der Waals surface area contributed by atoms with Crippen LogP contribution in [0.2, 0.25) is 0 Å². The maximum absolute atomic E-state index is 10.8. The zero-order valence-electron chi connectivity index (χ0n) is 18.6. The Morgan fingerprint density at radius 2 is 1.09 bits per heavy atom. The molecule has 0 aliphatic carbocycles. The molecule has 0 fully saturated rings. The van der Waals surface area contributed by atoms with Gasteiger partial charge in [-0.1, -0.05) is 36.0 Å². The molecule has 0 bridgehead atoms. The Balaban J connectivity index is 0.000000256. The molecule has 11 heteroatoms. The van der Waals surface area contributed by atoms with Gasteiger partial charge in [-0.2, -0.15) is 0 Å². The van der Waals surface area contributed by atoms with Crippen LogP contribution in [0.3, 0.4) is 0 Å². The predicted octanol–water partition coefficient (Wildman–Crippen LogP) is 1.18. The molecule has 170 valence electrons. The summed E-state index contributed by atoms with van der Waals surface area (Å²) in [4.78, 5) is 19.3. The molecule has 8 nitrogen and oxygen atoms in total. The predicted molar refractivity (Wildman–Crippen MR) is 127 cm³/mol. The van der Waals surface area contributed by atoms with Crippen LogP contribution in [0.5, 0.6) is 0 Å². The molecule has 0 atom stereocenters. The van der Waals surface area contributed by atoms with E-state index < -0.39 is 10.1 Å². The molecule has 2 aromatic heterocycles. The maximum Gasteiger partial charge on any atom is 1.00 e. The van der Waals surface area contributed by atoms with Crippen LogP contribution >= 0.6 is 11.8 Å². The van der Waals surface area contributed by atoms with Crippen molar-refractivity contribution in [3.8, 4) is 0 Å². The summed E-state index contributed by atoms with van der Waals surface area (Å²) in [5.41, 5.74) is 2.12. The van der Waals surface area contributed by atoms with E-state index in [1.165, 1.54) is 0 Å². The standard InChI is InChI=1S/C15H15NO3S2.2C4H4N2.Na/c17-21(18,19)11-5-10-16-12-6-1-3-8-14(12)20-15-9-4-2-7-13(15)16;2*1-2-6-4-3-5-1;/h1-4,6-9H,5,10-11H2,(H,17,18,19);2*1-4H;/q;;;+1/p-1. The molecule has 0 saturated carbocycles. The molecule has 34 heavy (non-hydrogen) atoms. The maximum atomic E-state index is 10.8. The zero-order chi connectivity index (χ0) is 23.4. The van der Waals surface area contributed by atoms with Gasteiger partial charge in [0.05, 0.1) is 21.5 Å². The Morgan fingerprint density at radius 1 is 0.706 bits per heavy atom. The molecule has 0 spiro atoms. The molecule has 0 N–H and O–H groups in total. The summed E-state index contributed by atoms with van der Waals surface area (Å²) in [6.07, 6.45) is 13.4. The number of para-hydroxylation sites is 2. The van der Waals surface area contributed by atoms with E-state index in [9.17, 15) is 13.0 Å². The third-order valence-electron chi connectivity index (χ3n) is 4.26. The largest absolute Gasteiger partial charge is 1.00 e. The van der Waals surface area contributed by atoms with Crippen molar-refractivity contribution in [3.05, 3.63) is 98.1 Å². The van der Waals surface area contributed by atoms with Crippen molar-refractivity contribution in [2.24, 2.45) is 0 Å². The number of anilines is 2. The van der Waals surface area contributed by atoms with Crippen LogP contribution < -0.4 is 34.5 Å². The van der Waals surface area contributed by atoms with E-state index in [0.29, 0.717) is 13.0 Å². The van der Waals surface area contributed by atoms with Crippen LogP contribution in [-0.2, 0) is 10.1 Å². The minimum atomic E-state index is -4.16. The molecular weight excluding hydrogens is 481 g/mol. The number of hydrogen-bond donors (Lipinski definition) is 0. The summed E-state index contributed by atoms with van der Waals surface area (Å²) >= 11 is 1.70. The normalized spacial score (nSPS) is 11.3. The number of nitrogens with zero attached hydrogens (tertiary/aromatic N) is 5. The second kappa shape index (κ2) is 14.8. The van der Waals surface area contributed by atoms with Gasteiger partial charge in [0.25, 0.3) is 0 Å². The summed E-state index contributed by atoms with van der Waals surface area (Å²) < 4.78 is 32.4. The second-order valence-corrected chi connectivity index (χ2v) is 9.20. The fraction of sp³-hybridized carbons (Fsp3) is 0.130. The first kappa shape index (κ1) is 27.9. The SMILES string of the molecule is O=S(=O)([O-])CCCN1c2ccccc2Sc2ccccc21.[Na+].c1cnccn1.c1cnccn1. The van der Waals surface area contributed by atoms with Crippen molar-refractivity contribution < 1.29 is 42.5 Å². The first-order chi connectivity index (χ1) is 16.0. The summed E-state index contributed by atoms with van der Waals surface area (Å²) in [5.74, 6) is -0.332. The third-order valence-corrected chi connectivity index (χ3v) is 6.18. The van der Waals surface area contributed by atoms with Crippen molar-refractivity contribution in [1.82, 2.24) is 19.9 Å². The van der Waals surface area contributed by atoms with Gasteiger partial charge in [0.1, 0.15) is 0 Å². The second-order valence-electron chi connectivity index (χ2n) is 6.59. The number of hydrogen-bond acceptors (Lipinski definition) is 9. The average Bonchev–Trinajstić information content (AvgIpc) is 2.86. The smallest absolute Gasteiger partial charge is 0.748 e. The van der Waals surface area contributed by atoms with Gasteiger partial charge in [-0.15, -0.1) is 0 Å². The van der Waals surface area contributed by atoms with Crippen molar-refractivity contribution in [1.29, 1.82) is 0 Å². The van der Waals surface area contributed by atoms with Gasteiger partial charge in [0, 0.05) is 71.7 Å². The topological polar surface area (TPSA) is 112 Å². The van der Waals surface area contributed by atoms with Crippen LogP contribution in [0, 0.1) is 0 Å². The van der Waals surface area contributed by atoms with E-state index in [0.717, 1.165) is 21.2 Å².